The summed E-state index contributed by atoms with van der Waals surface area (Å²) in [7, 11) is -3.74. The first-order chi connectivity index (χ1) is 12.4. The third-order valence-electron chi connectivity index (χ3n) is 5.96. The summed E-state index contributed by atoms with van der Waals surface area (Å²) in [6, 6.07) is -0.0195. The predicted molar refractivity (Wildman–Crippen MR) is 124 cm³/mol. The monoisotopic (exact) mass is 431 g/mol. The Morgan fingerprint density at radius 1 is 0.929 bits per heavy atom. The van der Waals surface area contributed by atoms with Crippen molar-refractivity contribution in [2.75, 3.05) is 19.8 Å². The van der Waals surface area contributed by atoms with E-state index >= 15 is 0 Å². The second kappa shape index (κ2) is 10.4. The lowest BCUT2D eigenvalue weighted by molar-refractivity contribution is -0.137. The minimum absolute atomic E-state index is 0.0195. The Balaban J connectivity index is 5.24. The summed E-state index contributed by atoms with van der Waals surface area (Å²) in [5, 5.41) is 3.70. The predicted octanol–water partition coefficient (Wildman–Crippen LogP) is 5.46. The number of hydrogen-bond donors (Lipinski definition) is 1. The number of carbonyl (C=O) groups is 1. The van der Waals surface area contributed by atoms with E-state index in [9.17, 15) is 4.79 Å². The first-order valence-corrected chi connectivity index (χ1v) is 16.1. The maximum Gasteiger partial charge on any atom is 0.332 e. The van der Waals surface area contributed by atoms with Crippen LogP contribution in [0.1, 0.15) is 55.4 Å². The summed E-state index contributed by atoms with van der Waals surface area (Å²) in [6.45, 7) is 27.6. The number of ether oxygens (including phenoxy) is 1. The molecule has 0 saturated heterocycles. The Hall–Kier alpha value is -0.636. The van der Waals surface area contributed by atoms with Gasteiger partial charge >= 0.3 is 5.97 Å². The summed E-state index contributed by atoms with van der Waals surface area (Å²) in [6.07, 6.45) is 1.50. The van der Waals surface area contributed by atoms with Gasteiger partial charge in [-0.25, -0.2) is 4.79 Å². The van der Waals surface area contributed by atoms with Gasteiger partial charge in [0.25, 0.3) is 0 Å². The second-order valence-electron chi connectivity index (χ2n) is 10.6. The van der Waals surface area contributed by atoms with Gasteiger partial charge in [0.15, 0.2) is 16.6 Å². The summed E-state index contributed by atoms with van der Waals surface area (Å²) in [4.78, 5) is 11.7. The molecule has 0 unspecified atom stereocenters. The van der Waals surface area contributed by atoms with E-state index in [4.69, 9.17) is 13.6 Å². The molecule has 1 N–H and O–H groups in total. The van der Waals surface area contributed by atoms with Crippen molar-refractivity contribution in [1.82, 2.24) is 5.32 Å². The van der Waals surface area contributed by atoms with Crippen molar-refractivity contribution in [2.45, 2.75) is 97.7 Å². The van der Waals surface area contributed by atoms with Crippen molar-refractivity contribution in [3.8, 4) is 0 Å². The van der Waals surface area contributed by atoms with E-state index in [1.54, 1.807) is 6.92 Å². The van der Waals surface area contributed by atoms with E-state index < -0.39 is 16.6 Å². The summed E-state index contributed by atoms with van der Waals surface area (Å²) in [5.74, 6) is -0.332. The molecule has 0 radical (unpaired) electrons. The quantitative estimate of drug-likeness (QED) is 0.283. The van der Waals surface area contributed by atoms with E-state index in [-0.39, 0.29) is 22.1 Å². The van der Waals surface area contributed by atoms with Crippen LogP contribution in [-0.4, -0.2) is 48.5 Å². The van der Waals surface area contributed by atoms with Crippen LogP contribution in [0.15, 0.2) is 11.8 Å². The molecule has 0 spiro atoms. The molecule has 0 aromatic carbocycles. The number of allylic oxidation sites excluding steroid dienone is 1. The lowest BCUT2D eigenvalue weighted by Crippen LogP contribution is -2.49. The molecule has 0 aliphatic heterocycles. The van der Waals surface area contributed by atoms with Gasteiger partial charge in [0, 0.05) is 11.8 Å². The van der Waals surface area contributed by atoms with Gasteiger partial charge < -0.3 is 18.9 Å². The Bertz CT molecular complexity index is 502. The normalized spacial score (nSPS) is 14.4. The number of rotatable bonds is 10. The van der Waals surface area contributed by atoms with Gasteiger partial charge in [-0.05, 0) is 50.1 Å². The standard InChI is InChI=1S/C21H45NO4Si2/c1-13-24-19(23)14-17(2)22-18(15-25-27(9,10)20(3,4)5)16-26-28(11,12)21(6,7)8/h14,18,22H,13,15-16H2,1-12H3/b17-14+. The number of hydrogen-bond acceptors (Lipinski definition) is 5. The van der Waals surface area contributed by atoms with Gasteiger partial charge in [0.1, 0.15) is 0 Å². The van der Waals surface area contributed by atoms with Gasteiger partial charge in [0.05, 0.1) is 25.9 Å². The van der Waals surface area contributed by atoms with Crippen LogP contribution in [0.4, 0.5) is 0 Å². The average molecular weight is 432 g/mol. The third-order valence-corrected chi connectivity index (χ3v) is 15.0. The average Bonchev–Trinajstić information content (AvgIpc) is 2.47. The Kier molecular flexibility index (Phi) is 10.2. The van der Waals surface area contributed by atoms with Crippen molar-refractivity contribution in [3.63, 3.8) is 0 Å². The van der Waals surface area contributed by atoms with E-state index in [1.165, 1.54) is 6.08 Å². The molecule has 0 amide bonds. The molecule has 0 aliphatic carbocycles. The summed E-state index contributed by atoms with van der Waals surface area (Å²) in [5.41, 5.74) is 0.765. The maximum absolute atomic E-state index is 11.7. The fourth-order valence-electron chi connectivity index (χ4n) is 1.91. The molecule has 0 rings (SSSR count). The molecule has 7 heteroatoms. The lowest BCUT2D eigenvalue weighted by atomic mass is 10.2. The summed E-state index contributed by atoms with van der Waals surface area (Å²) >= 11 is 0. The molecule has 0 heterocycles. The van der Waals surface area contributed by atoms with Crippen molar-refractivity contribution in [3.05, 3.63) is 11.8 Å². The molecule has 0 saturated carbocycles. The first-order valence-electron chi connectivity index (χ1n) is 10.3. The van der Waals surface area contributed by atoms with Crippen LogP contribution >= 0.6 is 0 Å². The van der Waals surface area contributed by atoms with Gasteiger partial charge in [-0.15, -0.1) is 0 Å². The van der Waals surface area contributed by atoms with Gasteiger partial charge in [-0.3, -0.25) is 0 Å². The Morgan fingerprint density at radius 2 is 1.32 bits per heavy atom. The molecule has 166 valence electrons. The fourth-order valence-corrected chi connectivity index (χ4v) is 4.01. The molecule has 0 aliphatic rings. The highest BCUT2D eigenvalue weighted by molar-refractivity contribution is 6.74. The molecule has 0 atom stereocenters. The number of carbonyl (C=O) groups excluding carboxylic acids is 1. The summed E-state index contributed by atoms with van der Waals surface area (Å²) < 4.78 is 17.9. The first kappa shape index (κ1) is 27.4. The highest BCUT2D eigenvalue weighted by atomic mass is 28.4. The van der Waals surface area contributed by atoms with Gasteiger partial charge in [0.2, 0.25) is 0 Å². The topological polar surface area (TPSA) is 56.8 Å². The third kappa shape index (κ3) is 9.24. The molecule has 5 nitrogen and oxygen atoms in total. The largest absolute Gasteiger partial charge is 0.463 e. The van der Waals surface area contributed by atoms with Crippen LogP contribution in [0.3, 0.4) is 0 Å². The highest BCUT2D eigenvalue weighted by Crippen LogP contribution is 2.38. The molecule has 0 aromatic heterocycles. The van der Waals surface area contributed by atoms with Crippen molar-refractivity contribution in [2.24, 2.45) is 0 Å². The molecular weight excluding hydrogens is 386 g/mol. The lowest BCUT2D eigenvalue weighted by Gasteiger charge is -2.39. The van der Waals surface area contributed by atoms with Crippen LogP contribution in [0, 0.1) is 0 Å². The second-order valence-corrected chi connectivity index (χ2v) is 20.2. The zero-order valence-electron chi connectivity index (χ0n) is 20.4. The van der Waals surface area contributed by atoms with E-state index in [2.05, 4.69) is 73.0 Å². The van der Waals surface area contributed by atoms with Crippen LogP contribution in [-0.2, 0) is 18.4 Å². The molecule has 28 heavy (non-hydrogen) atoms. The van der Waals surface area contributed by atoms with Crippen molar-refractivity contribution >= 4 is 22.6 Å². The minimum Gasteiger partial charge on any atom is -0.463 e. The van der Waals surface area contributed by atoms with Crippen LogP contribution in [0.25, 0.3) is 0 Å². The smallest absolute Gasteiger partial charge is 0.332 e. The van der Waals surface area contributed by atoms with Crippen molar-refractivity contribution < 1.29 is 18.4 Å². The van der Waals surface area contributed by atoms with Crippen LogP contribution in [0.2, 0.25) is 36.3 Å². The van der Waals surface area contributed by atoms with Crippen LogP contribution in [0.5, 0.6) is 0 Å². The van der Waals surface area contributed by atoms with Gasteiger partial charge in [-0.1, -0.05) is 41.5 Å². The van der Waals surface area contributed by atoms with Gasteiger partial charge in [-0.2, -0.15) is 0 Å². The fraction of sp³-hybridized carbons (Fsp3) is 0.857. The minimum atomic E-state index is -1.87. The Morgan fingerprint density at radius 3 is 1.64 bits per heavy atom. The van der Waals surface area contributed by atoms with Crippen molar-refractivity contribution in [1.29, 1.82) is 0 Å². The maximum atomic E-state index is 11.7. The number of nitrogens with one attached hydrogen (secondary N) is 1. The van der Waals surface area contributed by atoms with E-state index in [0.717, 1.165) is 5.70 Å². The molecule has 0 fully saturated rings. The van der Waals surface area contributed by atoms with E-state index in [0.29, 0.717) is 19.8 Å². The molecule has 0 aromatic rings. The highest BCUT2D eigenvalue weighted by Gasteiger charge is 2.39. The molecule has 0 bridgehead atoms. The molecular formula is C21H45NO4Si2. The zero-order valence-corrected chi connectivity index (χ0v) is 22.4. The van der Waals surface area contributed by atoms with E-state index in [1.807, 2.05) is 6.92 Å². The number of esters is 1. The SMILES string of the molecule is CCOC(=O)/C=C(\C)NC(CO[Si](C)(C)C(C)(C)C)CO[Si](C)(C)C(C)(C)C. The van der Waals surface area contributed by atoms with Crippen LogP contribution < -0.4 is 5.32 Å². The zero-order chi connectivity index (χ0) is 22.4. The Labute approximate surface area is 175 Å².